The molecule has 0 saturated carbocycles. The van der Waals surface area contributed by atoms with Crippen LogP contribution in [0, 0.1) is 5.82 Å². The van der Waals surface area contributed by atoms with Crippen LogP contribution >= 0.6 is 0 Å². The molecule has 1 aromatic carbocycles. The maximum Gasteiger partial charge on any atom is 0.165 e. The van der Waals surface area contributed by atoms with E-state index in [-0.39, 0.29) is 11.9 Å². The number of ether oxygens (including phenoxy) is 1. The van der Waals surface area contributed by atoms with E-state index in [1.165, 1.54) is 6.07 Å². The highest BCUT2D eigenvalue weighted by molar-refractivity contribution is 5.30. The lowest BCUT2D eigenvalue weighted by atomic mass is 10.1. The average molecular weight is 226 g/mol. The topological polar surface area (TPSA) is 9.23 Å². The summed E-state index contributed by atoms with van der Waals surface area (Å²) < 4.78 is 18.6. The minimum absolute atomic E-state index is 0.0152. The van der Waals surface area contributed by atoms with E-state index in [1.807, 2.05) is 33.8 Å². The lowest BCUT2D eigenvalue weighted by Gasteiger charge is -2.11. The predicted octanol–water partition coefficient (Wildman–Crippen LogP) is 4.59. The maximum atomic E-state index is 13.2. The molecular weight excluding hydrogens is 203 g/mol. The van der Waals surface area contributed by atoms with Crippen LogP contribution in [0.1, 0.15) is 46.6 Å². The molecule has 0 heterocycles. The Labute approximate surface area is 98.6 Å². The Morgan fingerprint density at radius 2 is 1.88 bits per heavy atom. The van der Waals surface area contributed by atoms with Crippen molar-refractivity contribution in [1.29, 1.82) is 0 Å². The van der Waals surface area contributed by atoms with Gasteiger partial charge in [0.05, 0.1) is 6.10 Å². The molecule has 1 rings (SSSR count). The van der Waals surface area contributed by atoms with Gasteiger partial charge in [0.25, 0.3) is 0 Å². The minimum Gasteiger partial charge on any atom is -0.488 e. The largest absolute Gasteiger partial charge is 0.488 e. The molecule has 0 amide bonds. The summed E-state index contributed by atoms with van der Waals surface area (Å²) in [5.74, 6) is 0.0875. The second-order valence-electron chi connectivity index (χ2n) is 3.68. The lowest BCUT2D eigenvalue weighted by molar-refractivity contribution is 0.231. The van der Waals surface area contributed by atoms with Crippen molar-refractivity contribution in [3.05, 3.63) is 29.6 Å². The molecule has 1 aromatic rings. The monoisotopic (exact) mass is 226 g/mol. The number of rotatable bonds is 4. The quantitative estimate of drug-likeness (QED) is 0.729. The standard InChI is InChI=1S/C12H17FO.C2H6/c1-4-5-10-6-7-11(13)12(8-10)14-9(2)3;1-2/h6-9H,4-5H2,1-3H3;1-2H3. The summed E-state index contributed by atoms with van der Waals surface area (Å²) in [7, 11) is 0. The number of benzene rings is 1. The van der Waals surface area contributed by atoms with E-state index in [2.05, 4.69) is 6.92 Å². The van der Waals surface area contributed by atoms with Crippen LogP contribution < -0.4 is 4.74 Å². The highest BCUT2D eigenvalue weighted by Gasteiger charge is 2.05. The van der Waals surface area contributed by atoms with E-state index in [9.17, 15) is 4.39 Å². The summed E-state index contributed by atoms with van der Waals surface area (Å²) in [4.78, 5) is 0. The molecule has 0 aliphatic carbocycles. The van der Waals surface area contributed by atoms with E-state index >= 15 is 0 Å². The van der Waals surface area contributed by atoms with Gasteiger partial charge >= 0.3 is 0 Å². The molecule has 0 bridgehead atoms. The molecule has 0 unspecified atom stereocenters. The zero-order valence-corrected chi connectivity index (χ0v) is 11.0. The average Bonchev–Trinajstić information content (AvgIpc) is 2.26. The highest BCUT2D eigenvalue weighted by Crippen LogP contribution is 2.20. The predicted molar refractivity (Wildman–Crippen MR) is 67.5 cm³/mol. The van der Waals surface area contributed by atoms with Crippen LogP contribution in [0.5, 0.6) is 5.75 Å². The van der Waals surface area contributed by atoms with Gasteiger partial charge in [-0.1, -0.05) is 33.3 Å². The van der Waals surface area contributed by atoms with E-state index in [0.29, 0.717) is 5.75 Å². The zero-order chi connectivity index (χ0) is 12.6. The maximum absolute atomic E-state index is 13.2. The molecule has 0 aliphatic rings. The van der Waals surface area contributed by atoms with Gasteiger partial charge in [-0.2, -0.15) is 0 Å². The SMILES string of the molecule is CC.CCCc1ccc(F)c(OC(C)C)c1. The fourth-order valence-corrected chi connectivity index (χ4v) is 1.34. The van der Waals surface area contributed by atoms with Crippen LogP contribution in [0.25, 0.3) is 0 Å². The third-order valence-electron chi connectivity index (χ3n) is 1.90. The molecule has 0 aromatic heterocycles. The first-order chi connectivity index (χ1) is 7.63. The summed E-state index contributed by atoms with van der Waals surface area (Å²) in [5, 5.41) is 0. The summed E-state index contributed by atoms with van der Waals surface area (Å²) in [6.07, 6.45) is 2.04. The van der Waals surface area contributed by atoms with Crippen LogP contribution in [0.4, 0.5) is 4.39 Å². The molecular formula is C14H23FO. The van der Waals surface area contributed by atoms with Crippen LogP contribution in [0.2, 0.25) is 0 Å². The Balaban J connectivity index is 0.00000106. The molecule has 0 N–H and O–H groups in total. The van der Waals surface area contributed by atoms with Gasteiger partial charge in [0.2, 0.25) is 0 Å². The van der Waals surface area contributed by atoms with Crippen LogP contribution in [-0.4, -0.2) is 6.10 Å². The van der Waals surface area contributed by atoms with Gasteiger partial charge in [0.15, 0.2) is 11.6 Å². The molecule has 92 valence electrons. The fourth-order valence-electron chi connectivity index (χ4n) is 1.34. The fraction of sp³-hybridized carbons (Fsp3) is 0.571. The molecule has 0 spiro atoms. The van der Waals surface area contributed by atoms with Gasteiger partial charge < -0.3 is 4.74 Å². The van der Waals surface area contributed by atoms with Gasteiger partial charge in [-0.25, -0.2) is 4.39 Å². The first kappa shape index (κ1) is 14.9. The third kappa shape index (κ3) is 5.15. The molecule has 2 heteroatoms. The Morgan fingerprint density at radius 1 is 1.25 bits per heavy atom. The van der Waals surface area contributed by atoms with Crippen molar-refractivity contribution < 1.29 is 9.13 Å². The second-order valence-corrected chi connectivity index (χ2v) is 3.68. The normalized spacial score (nSPS) is 9.69. The Hall–Kier alpha value is -1.05. The Kier molecular flexibility index (Phi) is 7.61. The molecule has 0 fully saturated rings. The molecule has 1 nitrogen and oxygen atoms in total. The number of hydrogen-bond donors (Lipinski definition) is 0. The van der Waals surface area contributed by atoms with E-state index in [0.717, 1.165) is 18.4 Å². The summed E-state index contributed by atoms with van der Waals surface area (Å²) in [6, 6.07) is 5.08. The molecule has 0 atom stereocenters. The third-order valence-corrected chi connectivity index (χ3v) is 1.90. The highest BCUT2D eigenvalue weighted by atomic mass is 19.1. The number of halogens is 1. The summed E-state index contributed by atoms with van der Waals surface area (Å²) >= 11 is 0. The second kappa shape index (κ2) is 8.14. The minimum atomic E-state index is -0.279. The van der Waals surface area contributed by atoms with E-state index in [4.69, 9.17) is 4.74 Å². The van der Waals surface area contributed by atoms with Crippen LogP contribution in [0.3, 0.4) is 0 Å². The van der Waals surface area contributed by atoms with Crippen molar-refractivity contribution in [1.82, 2.24) is 0 Å². The molecule has 0 saturated heterocycles. The van der Waals surface area contributed by atoms with Crippen molar-refractivity contribution in [3.8, 4) is 5.75 Å². The number of aryl methyl sites for hydroxylation is 1. The van der Waals surface area contributed by atoms with Crippen LogP contribution in [-0.2, 0) is 6.42 Å². The number of hydrogen-bond acceptors (Lipinski definition) is 1. The van der Waals surface area contributed by atoms with Crippen molar-refractivity contribution in [2.24, 2.45) is 0 Å². The van der Waals surface area contributed by atoms with E-state index < -0.39 is 0 Å². The Morgan fingerprint density at radius 3 is 2.38 bits per heavy atom. The van der Waals surface area contributed by atoms with Crippen molar-refractivity contribution >= 4 is 0 Å². The molecule has 0 radical (unpaired) electrons. The zero-order valence-electron chi connectivity index (χ0n) is 11.0. The van der Waals surface area contributed by atoms with Gasteiger partial charge in [0, 0.05) is 0 Å². The summed E-state index contributed by atoms with van der Waals surface area (Å²) in [6.45, 7) is 9.89. The smallest absolute Gasteiger partial charge is 0.165 e. The van der Waals surface area contributed by atoms with Gasteiger partial charge in [-0.05, 0) is 38.0 Å². The van der Waals surface area contributed by atoms with Crippen molar-refractivity contribution in [2.75, 3.05) is 0 Å². The first-order valence-electron chi connectivity index (χ1n) is 6.08. The van der Waals surface area contributed by atoms with Crippen molar-refractivity contribution in [3.63, 3.8) is 0 Å². The van der Waals surface area contributed by atoms with Gasteiger partial charge in [-0.15, -0.1) is 0 Å². The lowest BCUT2D eigenvalue weighted by Crippen LogP contribution is -2.07. The molecule has 0 aliphatic heterocycles. The van der Waals surface area contributed by atoms with E-state index in [1.54, 1.807) is 6.07 Å². The Bertz CT molecular complexity index is 295. The molecule has 16 heavy (non-hydrogen) atoms. The summed E-state index contributed by atoms with van der Waals surface area (Å²) in [5.41, 5.74) is 1.13. The van der Waals surface area contributed by atoms with Crippen molar-refractivity contribution in [2.45, 2.75) is 53.6 Å². The van der Waals surface area contributed by atoms with Crippen LogP contribution in [0.15, 0.2) is 18.2 Å². The first-order valence-corrected chi connectivity index (χ1v) is 6.08. The van der Waals surface area contributed by atoms with Gasteiger partial charge in [0.1, 0.15) is 0 Å². The van der Waals surface area contributed by atoms with Gasteiger partial charge in [-0.3, -0.25) is 0 Å².